The van der Waals surface area contributed by atoms with E-state index in [0.29, 0.717) is 5.56 Å². The molecule has 0 saturated heterocycles. The van der Waals surface area contributed by atoms with Crippen LogP contribution in [0.25, 0.3) is 0 Å². The maximum Gasteiger partial charge on any atom is 0.270 e. The number of pyridine rings is 1. The second-order valence-corrected chi connectivity index (χ2v) is 6.61. The van der Waals surface area contributed by atoms with Gasteiger partial charge in [0.2, 0.25) is 5.91 Å². The van der Waals surface area contributed by atoms with Gasteiger partial charge in [-0.1, -0.05) is 30.4 Å². The van der Waals surface area contributed by atoms with Crippen molar-refractivity contribution in [1.82, 2.24) is 15.6 Å². The van der Waals surface area contributed by atoms with Gasteiger partial charge in [0.1, 0.15) is 17.6 Å². The molecule has 3 rings (SSSR count). The molecule has 2 heterocycles. The first-order chi connectivity index (χ1) is 14.0. The van der Waals surface area contributed by atoms with Crippen molar-refractivity contribution in [2.75, 3.05) is 6.61 Å². The molecule has 1 aromatic heterocycles. The minimum absolute atomic E-state index is 0.0449. The summed E-state index contributed by atoms with van der Waals surface area (Å²) in [6.07, 6.45) is 3.72. The average molecular weight is 399 g/mol. The molecule has 0 saturated carbocycles. The van der Waals surface area contributed by atoms with E-state index in [9.17, 15) is 19.1 Å². The molecule has 2 amide bonds. The zero-order chi connectivity index (χ0) is 20.6. The molecule has 1 aliphatic rings. The van der Waals surface area contributed by atoms with Crippen molar-refractivity contribution < 1.29 is 23.8 Å². The van der Waals surface area contributed by atoms with Crippen LogP contribution in [-0.4, -0.2) is 46.8 Å². The van der Waals surface area contributed by atoms with Gasteiger partial charge in [-0.25, -0.2) is 4.39 Å². The number of ether oxygens (including phenoxy) is 1. The van der Waals surface area contributed by atoms with Gasteiger partial charge in [0.15, 0.2) is 0 Å². The summed E-state index contributed by atoms with van der Waals surface area (Å²) in [6.45, 7) is -0.113. The fourth-order valence-electron chi connectivity index (χ4n) is 2.96. The Morgan fingerprint density at radius 2 is 2.03 bits per heavy atom. The lowest BCUT2D eigenvalue weighted by Gasteiger charge is -2.31. The van der Waals surface area contributed by atoms with Crippen LogP contribution in [0.2, 0.25) is 0 Å². The third-order valence-electron chi connectivity index (χ3n) is 4.42. The Bertz CT molecular complexity index is 875. The molecule has 0 spiro atoms. The number of halogens is 1. The van der Waals surface area contributed by atoms with Crippen molar-refractivity contribution in [3.8, 4) is 0 Å². The highest BCUT2D eigenvalue weighted by atomic mass is 19.1. The van der Waals surface area contributed by atoms with Crippen LogP contribution in [-0.2, 0) is 16.1 Å². The van der Waals surface area contributed by atoms with Crippen molar-refractivity contribution in [3.63, 3.8) is 0 Å². The summed E-state index contributed by atoms with van der Waals surface area (Å²) >= 11 is 0. The highest BCUT2D eigenvalue weighted by Gasteiger charge is 2.29. The number of rotatable bonds is 7. The monoisotopic (exact) mass is 399 g/mol. The van der Waals surface area contributed by atoms with Crippen LogP contribution >= 0.6 is 0 Å². The number of amides is 2. The van der Waals surface area contributed by atoms with Gasteiger partial charge in [0.25, 0.3) is 5.91 Å². The fourth-order valence-corrected chi connectivity index (χ4v) is 2.96. The van der Waals surface area contributed by atoms with Crippen LogP contribution in [0.3, 0.4) is 0 Å². The maximum absolute atomic E-state index is 13.2. The lowest BCUT2D eigenvalue weighted by Crippen LogP contribution is -2.49. The highest BCUT2D eigenvalue weighted by Crippen LogP contribution is 2.16. The van der Waals surface area contributed by atoms with E-state index in [1.165, 1.54) is 18.3 Å². The second-order valence-electron chi connectivity index (χ2n) is 6.61. The van der Waals surface area contributed by atoms with Crippen molar-refractivity contribution in [2.45, 2.75) is 31.2 Å². The zero-order valence-electron chi connectivity index (χ0n) is 15.6. The number of hydrogen-bond acceptors (Lipinski definition) is 5. The van der Waals surface area contributed by atoms with Gasteiger partial charge < -0.3 is 20.5 Å². The molecule has 152 valence electrons. The van der Waals surface area contributed by atoms with E-state index in [2.05, 4.69) is 15.6 Å². The quantitative estimate of drug-likeness (QED) is 0.610. The Labute approximate surface area is 167 Å². The molecule has 29 heavy (non-hydrogen) atoms. The van der Waals surface area contributed by atoms with Crippen LogP contribution in [0.4, 0.5) is 4.39 Å². The normalized spacial score (nSPS) is 20.8. The van der Waals surface area contributed by atoms with E-state index in [1.807, 2.05) is 0 Å². The number of hydrogen-bond donors (Lipinski definition) is 3. The number of aliphatic hydroxyl groups is 1. The molecule has 1 aromatic carbocycles. The summed E-state index contributed by atoms with van der Waals surface area (Å²) in [5, 5.41) is 15.1. The van der Waals surface area contributed by atoms with Crippen LogP contribution in [0.15, 0.2) is 60.8 Å². The first-order valence-electron chi connectivity index (χ1n) is 9.23. The molecule has 0 bridgehead atoms. The van der Waals surface area contributed by atoms with Crippen molar-refractivity contribution >= 4 is 11.8 Å². The molecular weight excluding hydrogens is 377 g/mol. The van der Waals surface area contributed by atoms with E-state index >= 15 is 0 Å². The summed E-state index contributed by atoms with van der Waals surface area (Å²) in [5.41, 5.74) is 0.917. The minimum Gasteiger partial charge on any atom is -0.394 e. The van der Waals surface area contributed by atoms with Crippen molar-refractivity contribution in [3.05, 3.63) is 77.9 Å². The zero-order valence-corrected chi connectivity index (χ0v) is 15.6. The van der Waals surface area contributed by atoms with Crippen LogP contribution in [0.1, 0.15) is 22.5 Å². The first-order valence-corrected chi connectivity index (χ1v) is 9.23. The molecule has 0 unspecified atom stereocenters. The summed E-state index contributed by atoms with van der Waals surface area (Å²) in [5.74, 6) is -1.01. The SMILES string of the molecule is O=C(C[C@H]1C=C[C@@H](NC(=O)c2ccccn2)[C@H](CO)O1)NCc1cccc(F)c1. The van der Waals surface area contributed by atoms with Gasteiger partial charge in [0.05, 0.1) is 25.2 Å². The van der Waals surface area contributed by atoms with Crippen molar-refractivity contribution in [1.29, 1.82) is 0 Å². The van der Waals surface area contributed by atoms with Crippen LogP contribution < -0.4 is 10.6 Å². The number of carbonyl (C=O) groups is 2. The number of carbonyl (C=O) groups excluding carboxylic acids is 2. The van der Waals surface area contributed by atoms with E-state index < -0.39 is 18.2 Å². The Kier molecular flexibility index (Phi) is 7.04. The lowest BCUT2D eigenvalue weighted by atomic mass is 10.0. The molecule has 7 nitrogen and oxygen atoms in total. The summed E-state index contributed by atoms with van der Waals surface area (Å²) in [7, 11) is 0. The summed E-state index contributed by atoms with van der Waals surface area (Å²) < 4.78 is 18.9. The fraction of sp³-hybridized carbons (Fsp3) is 0.286. The van der Waals surface area contributed by atoms with E-state index in [1.54, 1.807) is 42.5 Å². The van der Waals surface area contributed by atoms with Crippen molar-refractivity contribution in [2.24, 2.45) is 0 Å². The molecule has 8 heteroatoms. The first kappa shape index (κ1) is 20.6. The Balaban J connectivity index is 1.52. The second kappa shape index (κ2) is 9.90. The Hall–Kier alpha value is -3.10. The molecule has 3 N–H and O–H groups in total. The number of aromatic nitrogens is 1. The number of nitrogens with one attached hydrogen (secondary N) is 2. The van der Waals surface area contributed by atoms with Gasteiger partial charge in [-0.05, 0) is 29.8 Å². The molecule has 0 radical (unpaired) electrons. The van der Waals surface area contributed by atoms with Crippen LogP contribution in [0, 0.1) is 5.82 Å². The third-order valence-corrected chi connectivity index (χ3v) is 4.42. The molecule has 2 aromatic rings. The third kappa shape index (κ3) is 5.94. The van der Waals surface area contributed by atoms with Crippen LogP contribution in [0.5, 0.6) is 0 Å². The topological polar surface area (TPSA) is 101 Å². The predicted molar refractivity (Wildman–Crippen MR) is 103 cm³/mol. The lowest BCUT2D eigenvalue weighted by molar-refractivity contribution is -0.125. The maximum atomic E-state index is 13.2. The van der Waals surface area contributed by atoms with Gasteiger partial charge in [-0.3, -0.25) is 14.6 Å². The van der Waals surface area contributed by atoms with E-state index in [0.717, 1.165) is 0 Å². The molecular formula is C21H22FN3O4. The average Bonchev–Trinajstić information content (AvgIpc) is 2.74. The molecule has 1 aliphatic heterocycles. The standard InChI is InChI=1S/C21H22FN3O4/c22-15-5-3-4-14(10-15)12-24-20(27)11-16-7-8-17(19(13-26)29-16)25-21(28)18-6-1-2-9-23-18/h1-10,16-17,19,26H,11-13H2,(H,24,27)(H,25,28)/t16-,17-,19+/m1/s1. The smallest absolute Gasteiger partial charge is 0.270 e. The molecule has 3 atom stereocenters. The Morgan fingerprint density at radius 3 is 2.76 bits per heavy atom. The highest BCUT2D eigenvalue weighted by molar-refractivity contribution is 5.92. The summed E-state index contributed by atoms with van der Waals surface area (Å²) in [6, 6.07) is 10.4. The van der Waals surface area contributed by atoms with E-state index in [4.69, 9.17) is 4.74 Å². The largest absolute Gasteiger partial charge is 0.394 e. The Morgan fingerprint density at radius 1 is 1.17 bits per heavy atom. The van der Waals surface area contributed by atoms with Gasteiger partial charge >= 0.3 is 0 Å². The predicted octanol–water partition coefficient (Wildman–Crippen LogP) is 1.34. The molecule has 0 fully saturated rings. The number of benzene rings is 1. The minimum atomic E-state index is -0.686. The van der Waals surface area contributed by atoms with Gasteiger partial charge in [-0.15, -0.1) is 0 Å². The number of aliphatic hydroxyl groups excluding tert-OH is 1. The molecule has 0 aliphatic carbocycles. The van der Waals surface area contributed by atoms with Gasteiger partial charge in [0, 0.05) is 12.7 Å². The summed E-state index contributed by atoms with van der Waals surface area (Å²) in [4.78, 5) is 28.4. The van der Waals surface area contributed by atoms with E-state index in [-0.39, 0.29) is 42.9 Å². The number of nitrogens with zero attached hydrogens (tertiary/aromatic N) is 1. The van der Waals surface area contributed by atoms with Gasteiger partial charge in [-0.2, -0.15) is 0 Å².